The van der Waals surface area contributed by atoms with Crippen molar-refractivity contribution in [2.45, 2.75) is 63.1 Å². The molecule has 276 valence electrons. The number of aromatic nitrogens is 2. The second-order valence-corrected chi connectivity index (χ2v) is 13.8. The number of fused-ring (bicyclic) bond motifs is 1. The van der Waals surface area contributed by atoms with Crippen molar-refractivity contribution in [3.63, 3.8) is 0 Å². The minimum absolute atomic E-state index is 0.0588. The molecular weight excluding hydrogens is 692 g/mol. The van der Waals surface area contributed by atoms with E-state index in [0.717, 1.165) is 50.9 Å². The van der Waals surface area contributed by atoms with Crippen LogP contribution in [0.2, 0.25) is 0 Å². The molecule has 2 fully saturated rings. The number of hydrogen-bond donors (Lipinski definition) is 1. The Hall–Kier alpha value is -4.81. The molecule has 0 spiro atoms. The van der Waals surface area contributed by atoms with Crippen molar-refractivity contribution in [3.05, 3.63) is 120 Å². The fraction of sp³-hybridized carbons (Fsp3) is 0.341. The molecule has 2 saturated heterocycles. The Morgan fingerprint density at radius 2 is 1.53 bits per heavy atom. The van der Waals surface area contributed by atoms with E-state index in [1.165, 1.54) is 42.8 Å². The van der Waals surface area contributed by atoms with Gasteiger partial charge in [0, 0.05) is 47.1 Å². The molecule has 1 amide bonds. The number of halogens is 6. The maximum atomic E-state index is 14.7. The van der Waals surface area contributed by atoms with Gasteiger partial charge in [-0.1, -0.05) is 61.0 Å². The molecule has 53 heavy (non-hydrogen) atoms. The van der Waals surface area contributed by atoms with Crippen LogP contribution in [0.5, 0.6) is 0 Å². The minimum atomic E-state index is -4.85. The van der Waals surface area contributed by atoms with Gasteiger partial charge in [0.1, 0.15) is 0 Å². The molecule has 2 aromatic heterocycles. The highest BCUT2D eigenvalue weighted by molar-refractivity contribution is 6.10. The number of nitrogens with zero attached hydrogens (tertiary/aromatic N) is 4. The summed E-state index contributed by atoms with van der Waals surface area (Å²) in [5, 5.41) is 2.56. The average molecular weight is 732 g/mol. The fourth-order valence-corrected chi connectivity index (χ4v) is 7.66. The molecule has 3 aromatic carbocycles. The summed E-state index contributed by atoms with van der Waals surface area (Å²) in [5.41, 5.74) is 1.00. The van der Waals surface area contributed by atoms with E-state index in [-0.39, 0.29) is 45.4 Å². The van der Waals surface area contributed by atoms with Crippen molar-refractivity contribution in [2.75, 3.05) is 26.2 Å². The third-order valence-electron chi connectivity index (χ3n) is 10.4. The van der Waals surface area contributed by atoms with Gasteiger partial charge in [0.25, 0.3) is 5.91 Å². The van der Waals surface area contributed by atoms with Crippen molar-refractivity contribution in [3.8, 4) is 22.4 Å². The van der Waals surface area contributed by atoms with Gasteiger partial charge < -0.3 is 10.2 Å². The Balaban J connectivity index is 1.39. The number of piperidine rings is 2. The van der Waals surface area contributed by atoms with E-state index in [2.05, 4.69) is 20.1 Å². The lowest BCUT2D eigenvalue weighted by Gasteiger charge is -2.40. The van der Waals surface area contributed by atoms with Crippen LogP contribution in [0.25, 0.3) is 33.3 Å². The number of rotatable bonds is 8. The van der Waals surface area contributed by atoms with Gasteiger partial charge in [0.2, 0.25) is 0 Å². The minimum Gasteiger partial charge on any atom is -0.337 e. The number of amides is 1. The van der Waals surface area contributed by atoms with Crippen LogP contribution in [-0.4, -0.2) is 64.1 Å². The van der Waals surface area contributed by atoms with Crippen LogP contribution in [0, 0.1) is 0 Å². The maximum Gasteiger partial charge on any atom is 0.416 e. The number of likely N-dealkylation sites (tertiary alicyclic amines) is 2. The predicted molar refractivity (Wildman–Crippen MR) is 192 cm³/mol. The molecule has 5 aromatic rings. The topological polar surface area (TPSA) is 61.4 Å². The fourth-order valence-electron chi connectivity index (χ4n) is 7.66. The summed E-state index contributed by atoms with van der Waals surface area (Å²) < 4.78 is 86.1. The van der Waals surface area contributed by atoms with Crippen molar-refractivity contribution in [2.24, 2.45) is 0 Å². The molecule has 1 atom stereocenters. The lowest BCUT2D eigenvalue weighted by Crippen LogP contribution is -2.46. The summed E-state index contributed by atoms with van der Waals surface area (Å²) in [4.78, 5) is 28.3. The number of pyridine rings is 2. The standard InChI is InChI=1S/C41H39F6N5O/c42-40(43,44)31-13-7-11-29(23-31)37-34(26-51-21-16-32(17-22-51)52-19-5-2-6-20-52)36(39(53)50-38(41(45,46)47)27-9-3-1-4-10-27)33-24-28(14-15-35(33)49-37)30-12-8-18-48-25-30/h1,3-4,7-15,18,23-25,32,38H,2,5-6,16-17,19-22,26H2,(H,50,53). The van der Waals surface area contributed by atoms with E-state index in [9.17, 15) is 31.1 Å². The van der Waals surface area contributed by atoms with Crippen LogP contribution in [0.15, 0.2) is 97.3 Å². The normalized spacial score (nSPS) is 17.2. The van der Waals surface area contributed by atoms with Crippen molar-refractivity contribution in [1.29, 1.82) is 0 Å². The SMILES string of the molecule is O=C(NC(c1ccccc1)C(F)(F)F)c1c(CN2CCC(N3CCCCC3)CC2)c(-c2cccc(C(F)(F)F)c2)nc2ccc(-c3cccnc3)cc12. The van der Waals surface area contributed by atoms with E-state index in [1.54, 1.807) is 42.7 Å². The monoisotopic (exact) mass is 731 g/mol. The Labute approximate surface area is 303 Å². The number of carbonyl (C=O) groups excluding carboxylic acids is 1. The van der Waals surface area contributed by atoms with Crippen molar-refractivity contribution >= 4 is 16.8 Å². The molecule has 0 aliphatic carbocycles. The molecule has 1 N–H and O–H groups in total. The Kier molecular flexibility index (Phi) is 10.5. The van der Waals surface area contributed by atoms with Gasteiger partial charge in [-0.15, -0.1) is 0 Å². The van der Waals surface area contributed by atoms with E-state index in [4.69, 9.17) is 4.98 Å². The highest BCUT2D eigenvalue weighted by Gasteiger charge is 2.43. The van der Waals surface area contributed by atoms with E-state index in [0.29, 0.717) is 30.3 Å². The molecule has 4 heterocycles. The average Bonchev–Trinajstić information content (AvgIpc) is 3.17. The summed E-state index contributed by atoms with van der Waals surface area (Å²) in [6.45, 7) is 3.48. The summed E-state index contributed by atoms with van der Waals surface area (Å²) >= 11 is 0. The molecule has 0 saturated carbocycles. The zero-order valence-electron chi connectivity index (χ0n) is 28.9. The van der Waals surface area contributed by atoms with Gasteiger partial charge in [-0.25, -0.2) is 4.98 Å². The van der Waals surface area contributed by atoms with Crippen molar-refractivity contribution in [1.82, 2.24) is 25.1 Å². The number of hydrogen-bond acceptors (Lipinski definition) is 5. The Morgan fingerprint density at radius 1 is 0.792 bits per heavy atom. The first-order chi connectivity index (χ1) is 25.5. The zero-order valence-corrected chi connectivity index (χ0v) is 28.9. The Morgan fingerprint density at radius 3 is 2.21 bits per heavy atom. The zero-order chi connectivity index (χ0) is 37.2. The van der Waals surface area contributed by atoms with Crippen LogP contribution in [-0.2, 0) is 12.7 Å². The molecular formula is C41H39F6N5O. The van der Waals surface area contributed by atoms with E-state index in [1.807, 2.05) is 6.07 Å². The third-order valence-corrected chi connectivity index (χ3v) is 10.4. The second kappa shape index (κ2) is 15.3. The molecule has 2 aliphatic heterocycles. The Bertz CT molecular complexity index is 2040. The summed E-state index contributed by atoms with van der Waals surface area (Å²) in [5.74, 6) is -1.00. The molecule has 1 unspecified atom stereocenters. The molecule has 2 aliphatic rings. The molecule has 7 rings (SSSR count). The molecule has 6 nitrogen and oxygen atoms in total. The smallest absolute Gasteiger partial charge is 0.337 e. The number of benzene rings is 3. The molecule has 0 radical (unpaired) electrons. The van der Waals surface area contributed by atoms with Crippen molar-refractivity contribution < 1.29 is 31.1 Å². The van der Waals surface area contributed by atoms with Gasteiger partial charge >= 0.3 is 12.4 Å². The van der Waals surface area contributed by atoms with Gasteiger partial charge in [-0.3, -0.25) is 14.7 Å². The number of carbonyl (C=O) groups is 1. The van der Waals surface area contributed by atoms with Crippen LogP contribution in [0.3, 0.4) is 0 Å². The largest absolute Gasteiger partial charge is 0.416 e. The molecule has 0 bridgehead atoms. The second-order valence-electron chi connectivity index (χ2n) is 13.8. The van der Waals surface area contributed by atoms with Crippen LogP contribution >= 0.6 is 0 Å². The predicted octanol–water partition coefficient (Wildman–Crippen LogP) is 9.47. The van der Waals surface area contributed by atoms with Crippen LogP contribution < -0.4 is 5.32 Å². The molecule has 12 heteroatoms. The van der Waals surface area contributed by atoms with Gasteiger partial charge in [0.05, 0.1) is 22.3 Å². The number of alkyl halides is 6. The lowest BCUT2D eigenvalue weighted by molar-refractivity contribution is -0.155. The summed E-state index contributed by atoms with van der Waals surface area (Å²) in [6.07, 6.45) is -1.01. The quantitative estimate of drug-likeness (QED) is 0.161. The first-order valence-corrected chi connectivity index (χ1v) is 17.9. The van der Waals surface area contributed by atoms with Crippen LogP contribution in [0.1, 0.15) is 65.2 Å². The number of nitrogens with one attached hydrogen (secondary N) is 1. The lowest BCUT2D eigenvalue weighted by atomic mass is 9.92. The van der Waals surface area contributed by atoms with Gasteiger partial charge in [0.15, 0.2) is 6.04 Å². The van der Waals surface area contributed by atoms with Gasteiger partial charge in [-0.2, -0.15) is 26.3 Å². The van der Waals surface area contributed by atoms with E-state index < -0.39 is 29.9 Å². The highest BCUT2D eigenvalue weighted by Crippen LogP contribution is 2.39. The maximum absolute atomic E-state index is 14.7. The van der Waals surface area contributed by atoms with Gasteiger partial charge in [-0.05, 0) is 93.3 Å². The van der Waals surface area contributed by atoms with E-state index >= 15 is 0 Å². The summed E-state index contributed by atoms with van der Waals surface area (Å²) in [6, 6.07) is 18.5. The highest BCUT2D eigenvalue weighted by atomic mass is 19.4. The summed E-state index contributed by atoms with van der Waals surface area (Å²) in [7, 11) is 0. The first kappa shape index (κ1) is 36.5. The first-order valence-electron chi connectivity index (χ1n) is 17.9. The van der Waals surface area contributed by atoms with Crippen LogP contribution in [0.4, 0.5) is 26.3 Å². The third kappa shape index (κ3) is 8.23.